The Bertz CT molecular complexity index is 1530. The average molecular weight is 712 g/mol. The number of fused-ring (bicyclic) bond motifs is 1. The van der Waals surface area contributed by atoms with Gasteiger partial charge in [0.25, 0.3) is 5.69 Å². The summed E-state index contributed by atoms with van der Waals surface area (Å²) in [5, 5.41) is 11.7. The molecule has 2 aliphatic rings. The summed E-state index contributed by atoms with van der Waals surface area (Å²) in [5.41, 5.74) is 1.55. The zero-order valence-electron chi connectivity index (χ0n) is 28.5. The predicted molar refractivity (Wildman–Crippen MR) is 188 cm³/mol. The average Bonchev–Trinajstić information content (AvgIpc) is 3.10. The van der Waals surface area contributed by atoms with Crippen LogP contribution in [0.3, 0.4) is 0 Å². The van der Waals surface area contributed by atoms with Crippen molar-refractivity contribution in [3.05, 3.63) is 112 Å². The smallest absolute Gasteiger partial charge is 0.338 e. The predicted octanol–water partition coefficient (Wildman–Crippen LogP) is 7.00. The highest BCUT2D eigenvalue weighted by molar-refractivity contribution is 8.00. The van der Waals surface area contributed by atoms with Crippen molar-refractivity contribution in [2.24, 2.45) is 0 Å². The number of nitro benzene ring substituents is 1. The lowest BCUT2D eigenvalue weighted by Crippen LogP contribution is -2.73. The summed E-state index contributed by atoms with van der Waals surface area (Å²) in [6, 6.07) is 25.7. The molecule has 0 N–H and O–H groups in total. The number of carbonyl (C=O) groups excluding carboxylic acids is 1. The van der Waals surface area contributed by atoms with E-state index in [0.29, 0.717) is 17.7 Å². The van der Waals surface area contributed by atoms with E-state index in [9.17, 15) is 14.9 Å². The maximum absolute atomic E-state index is 13.1. The first-order chi connectivity index (χ1) is 23.5. The van der Waals surface area contributed by atoms with Crippen molar-refractivity contribution in [3.63, 3.8) is 0 Å². The number of carbonyl (C=O) groups is 1. The van der Waals surface area contributed by atoms with Crippen molar-refractivity contribution in [2.45, 2.75) is 81.0 Å². The molecule has 264 valence electrons. The van der Waals surface area contributed by atoms with E-state index in [-0.39, 0.29) is 25.7 Å². The molecular formula is C36H45NO10SSi. The van der Waals surface area contributed by atoms with Gasteiger partial charge < -0.3 is 33.2 Å². The molecule has 0 spiro atoms. The van der Waals surface area contributed by atoms with Crippen molar-refractivity contribution in [3.8, 4) is 0 Å². The summed E-state index contributed by atoms with van der Waals surface area (Å²) in [4.78, 5) is 24.4. The van der Waals surface area contributed by atoms with Crippen LogP contribution in [-0.4, -0.2) is 80.7 Å². The minimum absolute atomic E-state index is 0.0485. The Balaban J connectivity index is 1.47. The van der Waals surface area contributed by atoms with E-state index in [2.05, 4.69) is 19.6 Å². The van der Waals surface area contributed by atoms with Gasteiger partial charge in [-0.3, -0.25) is 10.1 Å². The number of benzene rings is 3. The first-order valence-corrected chi connectivity index (χ1v) is 21.3. The third-order valence-corrected chi connectivity index (χ3v) is 12.0. The number of rotatable bonds is 15. The third-order valence-electron chi connectivity index (χ3n) is 8.78. The Hall–Kier alpha value is -3.14. The molecule has 2 fully saturated rings. The molecule has 11 nitrogen and oxygen atoms in total. The molecule has 7 atom stereocenters. The van der Waals surface area contributed by atoms with Crippen LogP contribution in [0.2, 0.25) is 25.7 Å². The molecule has 0 unspecified atom stereocenters. The molecule has 13 heteroatoms. The van der Waals surface area contributed by atoms with E-state index >= 15 is 0 Å². The number of nitro groups is 1. The van der Waals surface area contributed by atoms with Gasteiger partial charge in [0.1, 0.15) is 36.5 Å². The molecule has 3 aromatic carbocycles. The van der Waals surface area contributed by atoms with Crippen LogP contribution in [0.1, 0.15) is 34.7 Å². The van der Waals surface area contributed by atoms with E-state index in [1.54, 1.807) is 42.5 Å². The Morgan fingerprint density at radius 2 is 1.61 bits per heavy atom. The van der Waals surface area contributed by atoms with Crippen LogP contribution in [0.25, 0.3) is 0 Å². The highest BCUT2D eigenvalue weighted by Crippen LogP contribution is 2.51. The second-order valence-corrected chi connectivity index (χ2v) is 20.0. The van der Waals surface area contributed by atoms with Gasteiger partial charge in [-0.05, 0) is 37.4 Å². The molecule has 0 radical (unpaired) electrons. The number of nitrogens with zero attached hydrogens (tertiary/aromatic N) is 1. The zero-order chi connectivity index (χ0) is 35.0. The lowest BCUT2D eigenvalue weighted by molar-refractivity contribution is -0.387. The van der Waals surface area contributed by atoms with Crippen molar-refractivity contribution < 1.29 is 42.9 Å². The number of esters is 1. The highest BCUT2D eigenvalue weighted by Gasteiger charge is 2.64. The third kappa shape index (κ3) is 8.97. The Morgan fingerprint density at radius 3 is 2.29 bits per heavy atom. The summed E-state index contributed by atoms with van der Waals surface area (Å²) >= 11 is 1.49. The number of thioether (sulfide) groups is 1. The van der Waals surface area contributed by atoms with Gasteiger partial charge in [-0.15, -0.1) is 0 Å². The van der Waals surface area contributed by atoms with Gasteiger partial charge in [-0.25, -0.2) is 4.79 Å². The maximum atomic E-state index is 13.1. The first-order valence-electron chi connectivity index (χ1n) is 16.4. The van der Waals surface area contributed by atoms with Crippen molar-refractivity contribution in [1.82, 2.24) is 0 Å². The molecule has 49 heavy (non-hydrogen) atoms. The number of hydrogen-bond acceptors (Lipinski definition) is 11. The highest BCUT2D eigenvalue weighted by atomic mass is 32.2. The SMILES string of the molecule is CS[C@]12[C@H](COC(=O)c3ccccc3)O[C@H](c3ccccc3)O[C@@H]1[C@@H](OCOCC[Si](C)(C)C)[C@H](OCc1ccccc1[N+](=O)[O-])O[C@@H]2C. The minimum Gasteiger partial charge on any atom is -0.459 e. The van der Waals surface area contributed by atoms with Gasteiger partial charge >= 0.3 is 5.97 Å². The number of para-hydroxylation sites is 1. The van der Waals surface area contributed by atoms with Gasteiger partial charge in [-0.2, -0.15) is 11.8 Å². The monoisotopic (exact) mass is 711 g/mol. The van der Waals surface area contributed by atoms with Crippen LogP contribution in [0.4, 0.5) is 5.69 Å². The lowest BCUT2D eigenvalue weighted by Gasteiger charge is -2.58. The van der Waals surface area contributed by atoms with Crippen LogP contribution in [0.15, 0.2) is 84.9 Å². The largest absolute Gasteiger partial charge is 0.459 e. The van der Waals surface area contributed by atoms with E-state index in [4.69, 9.17) is 33.2 Å². The second-order valence-electron chi connectivity index (χ2n) is 13.3. The van der Waals surface area contributed by atoms with Gasteiger partial charge in [0, 0.05) is 26.3 Å². The molecule has 0 bridgehead atoms. The fourth-order valence-corrected chi connectivity index (χ4v) is 8.02. The summed E-state index contributed by atoms with van der Waals surface area (Å²) in [5.74, 6) is -0.474. The van der Waals surface area contributed by atoms with Crippen molar-refractivity contribution in [1.29, 1.82) is 0 Å². The van der Waals surface area contributed by atoms with Crippen LogP contribution in [0.5, 0.6) is 0 Å². The molecular weight excluding hydrogens is 667 g/mol. The van der Waals surface area contributed by atoms with Gasteiger partial charge in [0.2, 0.25) is 0 Å². The Labute approximate surface area is 292 Å². The van der Waals surface area contributed by atoms with Crippen LogP contribution in [-0.2, 0) is 39.8 Å². The Morgan fingerprint density at radius 1 is 0.939 bits per heavy atom. The molecule has 0 aliphatic carbocycles. The standard InChI is InChI=1S/C36H45NO10SSi/c1-25-36(48-2)30(23-42-33(38)26-14-8-6-9-15-26)46-34(27-16-10-7-11-17-27)47-32(36)31(44-24-41-20-21-49(3,4)5)35(45-25)43-22-28-18-12-13-19-29(28)37(39)40/h6-19,25,30-32,34-35H,20-24H2,1-5H3/t25-,30+,31-,32-,34+,35-,36-/m1/s1. The Kier molecular flexibility index (Phi) is 12.7. The lowest BCUT2D eigenvalue weighted by atomic mass is 9.82. The first kappa shape index (κ1) is 37.1. The topological polar surface area (TPSA) is 125 Å². The van der Waals surface area contributed by atoms with E-state index < -0.39 is 60.7 Å². The second kappa shape index (κ2) is 16.7. The molecule has 2 saturated heterocycles. The van der Waals surface area contributed by atoms with Gasteiger partial charge in [0.05, 0.1) is 28.8 Å². The summed E-state index contributed by atoms with van der Waals surface area (Å²) in [6.45, 7) is 9.04. The molecule has 5 rings (SSSR count). The normalized spacial score (nSPS) is 26.9. The molecule has 0 amide bonds. The molecule has 3 aromatic rings. The summed E-state index contributed by atoms with van der Waals surface area (Å²) < 4.78 is 43.7. The van der Waals surface area contributed by atoms with Gasteiger partial charge in [0.15, 0.2) is 12.6 Å². The molecule has 0 aromatic heterocycles. The maximum Gasteiger partial charge on any atom is 0.338 e. The van der Waals surface area contributed by atoms with Crippen molar-refractivity contribution >= 4 is 31.5 Å². The molecule has 2 heterocycles. The number of hydrogen-bond donors (Lipinski definition) is 0. The van der Waals surface area contributed by atoms with E-state index in [0.717, 1.165) is 11.6 Å². The number of ether oxygens (including phenoxy) is 7. The zero-order valence-corrected chi connectivity index (χ0v) is 30.3. The fourth-order valence-electron chi connectivity index (χ4n) is 6.07. The van der Waals surface area contributed by atoms with E-state index in [1.807, 2.05) is 49.6 Å². The van der Waals surface area contributed by atoms with Crippen LogP contribution >= 0.6 is 11.8 Å². The minimum atomic E-state index is -1.35. The summed E-state index contributed by atoms with van der Waals surface area (Å²) in [7, 11) is -1.35. The van der Waals surface area contributed by atoms with Gasteiger partial charge in [-0.1, -0.05) is 80.3 Å². The molecule has 2 aliphatic heterocycles. The quantitative estimate of drug-likeness (QED) is 0.0404. The van der Waals surface area contributed by atoms with E-state index in [1.165, 1.54) is 17.8 Å². The fraction of sp³-hybridized carbons (Fsp3) is 0.472. The van der Waals surface area contributed by atoms with Crippen molar-refractivity contribution in [2.75, 3.05) is 26.3 Å². The summed E-state index contributed by atoms with van der Waals surface area (Å²) in [6.07, 6.45) is -2.68. The molecule has 0 saturated carbocycles. The van der Waals surface area contributed by atoms with Crippen LogP contribution in [0, 0.1) is 10.1 Å². The van der Waals surface area contributed by atoms with Crippen LogP contribution < -0.4 is 0 Å².